The number of likely N-dealkylation sites (tertiary alicyclic amines) is 1. The van der Waals surface area contributed by atoms with E-state index in [-0.39, 0.29) is 24.0 Å². The monoisotopic (exact) mass is 645 g/mol. The van der Waals surface area contributed by atoms with E-state index >= 15 is 0 Å². The summed E-state index contributed by atoms with van der Waals surface area (Å²) in [5.41, 5.74) is 5.46. The molecule has 2 aromatic heterocycles. The Morgan fingerprint density at radius 3 is 2.67 bits per heavy atom. The molecule has 1 N–H and O–H groups in total. The number of methoxy groups -OCH3 is 1. The predicted molar refractivity (Wildman–Crippen MR) is 179 cm³/mol. The van der Waals surface area contributed by atoms with Gasteiger partial charge < -0.3 is 14.5 Å². The van der Waals surface area contributed by atoms with Crippen LogP contribution in [0.15, 0.2) is 72.5 Å². The fourth-order valence-electron chi connectivity index (χ4n) is 6.58. The lowest BCUT2D eigenvalue weighted by Crippen LogP contribution is -2.38. The number of rotatable bonds is 11. The predicted octanol–water partition coefficient (Wildman–Crippen LogP) is 7.13. The maximum atomic E-state index is 14.3. The first-order valence-electron chi connectivity index (χ1n) is 16.0. The van der Waals surface area contributed by atoms with Crippen LogP contribution in [0.4, 0.5) is 4.39 Å². The summed E-state index contributed by atoms with van der Waals surface area (Å²) >= 11 is 7.22. The summed E-state index contributed by atoms with van der Waals surface area (Å²) in [6, 6.07) is 14.7. The molecule has 0 radical (unpaired) electrons. The van der Waals surface area contributed by atoms with Gasteiger partial charge in [0.1, 0.15) is 17.2 Å². The molecule has 0 amide bonds. The number of esters is 1. The van der Waals surface area contributed by atoms with Gasteiger partial charge in [-0.15, -0.1) is 16.7 Å². The average Bonchev–Trinajstić information content (AvgIpc) is 3.65. The number of allylic oxidation sites excluding steroid dienone is 2. The number of fused-ring (bicyclic) bond motifs is 1. The van der Waals surface area contributed by atoms with Gasteiger partial charge in [-0.25, -0.2) is 9.18 Å². The van der Waals surface area contributed by atoms with Gasteiger partial charge in [-0.2, -0.15) is 0 Å². The Bertz CT molecular complexity index is 1740. The standard InChI is InChI=1S/C36H41ClFN5O3/c1-24(2)22-46-35(44)34-33(29-17-28(38)10-12-31(29)39-34)32-21-43(41-40-32)20-25-13-15-42(16-14-25)19-26-9-11-30(27-7-5-4-6-8-27)36(37,18-26)23-45-3/h4-12,17,21,24-25,39H,13-16,18-20,22-23H2,1-3H3. The number of nitrogens with zero attached hydrogens (tertiary/aromatic N) is 4. The summed E-state index contributed by atoms with van der Waals surface area (Å²) in [4.78, 5) is 18.0. The molecule has 1 aliphatic heterocycles. The lowest BCUT2D eigenvalue weighted by molar-refractivity contribution is 0.0454. The maximum absolute atomic E-state index is 14.3. The number of halogens is 2. The molecule has 242 valence electrons. The van der Waals surface area contributed by atoms with Crippen molar-refractivity contribution in [2.75, 3.05) is 40.0 Å². The van der Waals surface area contributed by atoms with Crippen LogP contribution in [0.1, 0.15) is 49.2 Å². The zero-order valence-corrected chi connectivity index (χ0v) is 27.4. The highest BCUT2D eigenvalue weighted by atomic mass is 35.5. The number of ether oxygens (including phenoxy) is 2. The number of carbonyl (C=O) groups is 1. The molecule has 3 heterocycles. The second kappa shape index (κ2) is 13.9. The fourth-order valence-corrected chi connectivity index (χ4v) is 7.04. The van der Waals surface area contributed by atoms with Gasteiger partial charge in [0.2, 0.25) is 0 Å². The third-order valence-corrected chi connectivity index (χ3v) is 9.27. The van der Waals surface area contributed by atoms with Gasteiger partial charge in [-0.3, -0.25) is 9.58 Å². The number of aromatic nitrogens is 4. The quantitative estimate of drug-likeness (QED) is 0.138. The van der Waals surface area contributed by atoms with Gasteiger partial charge >= 0.3 is 5.97 Å². The number of H-pyrrole nitrogens is 1. The Morgan fingerprint density at radius 2 is 1.93 bits per heavy atom. The van der Waals surface area contributed by atoms with Crippen molar-refractivity contribution in [3.63, 3.8) is 0 Å². The molecule has 1 fully saturated rings. The minimum Gasteiger partial charge on any atom is -0.461 e. The molecule has 46 heavy (non-hydrogen) atoms. The lowest BCUT2D eigenvalue weighted by Gasteiger charge is -2.37. The highest BCUT2D eigenvalue weighted by molar-refractivity contribution is 6.31. The molecule has 4 aromatic rings. The summed E-state index contributed by atoms with van der Waals surface area (Å²) in [7, 11) is 1.70. The number of hydrogen-bond acceptors (Lipinski definition) is 6. The fraction of sp³-hybridized carbons (Fsp3) is 0.417. The largest absolute Gasteiger partial charge is 0.461 e. The average molecular weight is 646 g/mol. The Kier molecular flexibility index (Phi) is 9.73. The van der Waals surface area contributed by atoms with Crippen molar-refractivity contribution >= 4 is 34.0 Å². The van der Waals surface area contributed by atoms with Crippen molar-refractivity contribution < 1.29 is 18.7 Å². The van der Waals surface area contributed by atoms with Crippen molar-refractivity contribution in [1.82, 2.24) is 24.9 Å². The number of benzene rings is 2. The molecule has 0 bridgehead atoms. The Labute approximate surface area is 274 Å². The lowest BCUT2D eigenvalue weighted by atomic mass is 9.82. The molecule has 1 saturated heterocycles. The van der Waals surface area contributed by atoms with Crippen LogP contribution in [-0.2, 0) is 16.0 Å². The molecular weight excluding hydrogens is 605 g/mol. The number of hydrogen-bond donors (Lipinski definition) is 1. The van der Waals surface area contributed by atoms with E-state index in [1.54, 1.807) is 13.2 Å². The van der Waals surface area contributed by atoms with Gasteiger partial charge in [0.25, 0.3) is 0 Å². The van der Waals surface area contributed by atoms with Crippen LogP contribution in [0.3, 0.4) is 0 Å². The van der Waals surface area contributed by atoms with E-state index in [9.17, 15) is 9.18 Å². The van der Waals surface area contributed by atoms with E-state index in [2.05, 4.69) is 44.5 Å². The van der Waals surface area contributed by atoms with Crippen molar-refractivity contribution in [3.8, 4) is 11.3 Å². The third-order valence-electron chi connectivity index (χ3n) is 8.82. The molecule has 1 aliphatic carbocycles. The SMILES string of the molecule is COCC1(Cl)CC(CN2CCC(Cn3cc(-c4c(C(=O)OCC(C)C)[nH]c5ccc(F)cc45)nn3)CC2)=CC=C1c1ccccc1. The number of carbonyl (C=O) groups excluding carboxylic acids is 1. The summed E-state index contributed by atoms with van der Waals surface area (Å²) in [6.07, 6.45) is 9.04. The summed E-state index contributed by atoms with van der Waals surface area (Å²) in [6.45, 7) is 8.24. The van der Waals surface area contributed by atoms with E-state index in [4.69, 9.17) is 21.1 Å². The molecule has 2 aromatic carbocycles. The zero-order valence-electron chi connectivity index (χ0n) is 26.6. The first-order valence-corrected chi connectivity index (χ1v) is 16.3. The van der Waals surface area contributed by atoms with Crippen LogP contribution in [-0.4, -0.2) is 75.7 Å². The van der Waals surface area contributed by atoms with Crippen LogP contribution in [0, 0.1) is 17.7 Å². The van der Waals surface area contributed by atoms with Crippen LogP contribution in [0.2, 0.25) is 0 Å². The molecule has 2 aliphatic rings. The van der Waals surface area contributed by atoms with E-state index in [0.29, 0.717) is 34.7 Å². The third kappa shape index (κ3) is 7.12. The van der Waals surface area contributed by atoms with Gasteiger partial charge in [0, 0.05) is 36.7 Å². The molecule has 6 rings (SSSR count). The van der Waals surface area contributed by atoms with Crippen molar-refractivity contribution in [2.24, 2.45) is 11.8 Å². The highest BCUT2D eigenvalue weighted by Gasteiger charge is 2.36. The van der Waals surface area contributed by atoms with Crippen LogP contribution < -0.4 is 0 Å². The van der Waals surface area contributed by atoms with Crippen molar-refractivity contribution in [3.05, 3.63) is 89.5 Å². The Hall–Kier alpha value is -3.79. The summed E-state index contributed by atoms with van der Waals surface area (Å²) in [5, 5.41) is 9.38. The van der Waals surface area contributed by atoms with Gasteiger partial charge in [0.15, 0.2) is 0 Å². The second-order valence-corrected chi connectivity index (χ2v) is 13.7. The van der Waals surface area contributed by atoms with Crippen LogP contribution >= 0.6 is 11.6 Å². The van der Waals surface area contributed by atoms with Gasteiger partial charge in [-0.1, -0.05) is 67.1 Å². The molecule has 10 heteroatoms. The minimum absolute atomic E-state index is 0.190. The molecule has 1 unspecified atom stereocenters. The van der Waals surface area contributed by atoms with E-state index < -0.39 is 10.8 Å². The van der Waals surface area contributed by atoms with Crippen molar-refractivity contribution in [1.29, 1.82) is 0 Å². The zero-order chi connectivity index (χ0) is 32.3. The number of alkyl halides is 1. The topological polar surface area (TPSA) is 85.3 Å². The van der Waals surface area contributed by atoms with E-state index in [1.807, 2.05) is 42.9 Å². The van der Waals surface area contributed by atoms with Crippen molar-refractivity contribution in [2.45, 2.75) is 44.5 Å². The first-order chi connectivity index (χ1) is 22.2. The summed E-state index contributed by atoms with van der Waals surface area (Å²) in [5.74, 6) is -0.251. The van der Waals surface area contributed by atoms with Crippen LogP contribution in [0.25, 0.3) is 27.7 Å². The van der Waals surface area contributed by atoms with E-state index in [1.165, 1.54) is 17.7 Å². The number of piperidine rings is 1. The van der Waals surface area contributed by atoms with Crippen LogP contribution in [0.5, 0.6) is 0 Å². The molecule has 8 nitrogen and oxygen atoms in total. The Morgan fingerprint density at radius 1 is 1.15 bits per heavy atom. The number of nitrogens with one attached hydrogen (secondary N) is 1. The normalized spacial score (nSPS) is 19.4. The second-order valence-electron chi connectivity index (χ2n) is 12.9. The molecular formula is C36H41ClFN5O3. The highest BCUT2D eigenvalue weighted by Crippen LogP contribution is 2.42. The molecule has 0 spiro atoms. The maximum Gasteiger partial charge on any atom is 0.355 e. The molecule has 1 atom stereocenters. The smallest absolute Gasteiger partial charge is 0.355 e. The van der Waals surface area contributed by atoms with Gasteiger partial charge in [-0.05, 0) is 73.5 Å². The number of aromatic amines is 1. The minimum atomic E-state index is -0.592. The van der Waals surface area contributed by atoms with E-state index in [0.717, 1.165) is 56.6 Å². The molecule has 0 saturated carbocycles. The van der Waals surface area contributed by atoms with Gasteiger partial charge in [0.05, 0.1) is 24.3 Å². The first kappa shape index (κ1) is 32.2. The Balaban J connectivity index is 1.10. The summed E-state index contributed by atoms with van der Waals surface area (Å²) < 4.78 is 27.2.